The van der Waals surface area contributed by atoms with Crippen molar-refractivity contribution in [3.8, 4) is 0 Å². The molecule has 0 bridgehead atoms. The van der Waals surface area contributed by atoms with Gasteiger partial charge in [0.15, 0.2) is 0 Å². The van der Waals surface area contributed by atoms with E-state index in [9.17, 15) is 18.3 Å². The zero-order valence-corrected chi connectivity index (χ0v) is 11.3. The molecule has 3 heterocycles. The zero-order chi connectivity index (χ0) is 15.1. The first-order chi connectivity index (χ1) is 9.94. The van der Waals surface area contributed by atoms with Gasteiger partial charge in [-0.05, 0) is 12.5 Å². The number of fused-ring (bicyclic) bond motifs is 1. The molecule has 3 rings (SSSR count). The van der Waals surface area contributed by atoms with Crippen molar-refractivity contribution in [2.24, 2.45) is 11.3 Å². The highest BCUT2D eigenvalue weighted by Crippen LogP contribution is 2.42. The third-order valence-corrected chi connectivity index (χ3v) is 4.41. The van der Waals surface area contributed by atoms with Gasteiger partial charge in [0.05, 0.1) is 13.2 Å². The summed E-state index contributed by atoms with van der Waals surface area (Å²) in [5.74, 6) is 0.154. The van der Waals surface area contributed by atoms with Crippen LogP contribution in [-0.4, -0.2) is 48.0 Å². The summed E-state index contributed by atoms with van der Waals surface area (Å²) >= 11 is 0. The maximum absolute atomic E-state index is 12.7. The normalized spacial score (nSPS) is 29.5. The monoisotopic (exact) mass is 303 g/mol. The Labute approximate surface area is 119 Å². The predicted octanol–water partition coefficient (Wildman–Crippen LogP) is 1.33. The fourth-order valence-electron chi connectivity index (χ4n) is 3.12. The van der Waals surface area contributed by atoms with E-state index in [-0.39, 0.29) is 23.9 Å². The van der Waals surface area contributed by atoms with Crippen LogP contribution >= 0.6 is 0 Å². The van der Waals surface area contributed by atoms with Crippen molar-refractivity contribution in [2.75, 3.05) is 37.8 Å². The molecule has 1 aromatic heterocycles. The van der Waals surface area contributed by atoms with Gasteiger partial charge in [-0.25, -0.2) is 9.97 Å². The van der Waals surface area contributed by atoms with E-state index in [1.54, 1.807) is 4.90 Å². The maximum atomic E-state index is 12.7. The fraction of sp³-hybridized carbons (Fsp3) is 0.692. The van der Waals surface area contributed by atoms with E-state index in [0.717, 1.165) is 12.3 Å². The molecule has 0 radical (unpaired) electrons. The molecule has 5 nitrogen and oxygen atoms in total. The predicted molar refractivity (Wildman–Crippen MR) is 67.7 cm³/mol. The Hall–Kier alpha value is -1.41. The minimum Gasteiger partial charge on any atom is -0.396 e. The van der Waals surface area contributed by atoms with Crippen LogP contribution in [-0.2, 0) is 10.9 Å². The number of ether oxygens (including phenoxy) is 1. The lowest BCUT2D eigenvalue weighted by atomic mass is 9.75. The molecule has 1 aromatic rings. The molecule has 116 valence electrons. The van der Waals surface area contributed by atoms with Crippen molar-refractivity contribution in [2.45, 2.75) is 12.6 Å². The molecule has 1 N–H and O–H groups in total. The van der Waals surface area contributed by atoms with Gasteiger partial charge in [-0.1, -0.05) is 0 Å². The van der Waals surface area contributed by atoms with Gasteiger partial charge in [0, 0.05) is 37.2 Å². The largest absolute Gasteiger partial charge is 0.433 e. The number of hydrogen-bond donors (Lipinski definition) is 1. The third-order valence-electron chi connectivity index (χ3n) is 4.41. The van der Waals surface area contributed by atoms with E-state index in [4.69, 9.17) is 4.74 Å². The minimum absolute atomic E-state index is 0.00348. The minimum atomic E-state index is -4.48. The van der Waals surface area contributed by atoms with Gasteiger partial charge in [-0.15, -0.1) is 0 Å². The Kier molecular flexibility index (Phi) is 3.53. The second-order valence-corrected chi connectivity index (χ2v) is 5.66. The molecule has 0 saturated carbocycles. The highest BCUT2D eigenvalue weighted by atomic mass is 19.4. The molecule has 0 aromatic carbocycles. The molecule has 2 saturated heterocycles. The van der Waals surface area contributed by atoms with Crippen LogP contribution in [0.25, 0.3) is 0 Å². The molecule has 8 heteroatoms. The van der Waals surface area contributed by atoms with Crippen LogP contribution in [0.3, 0.4) is 0 Å². The summed E-state index contributed by atoms with van der Waals surface area (Å²) in [6, 6.07) is 0.859. The number of rotatable bonds is 2. The number of halogens is 3. The summed E-state index contributed by atoms with van der Waals surface area (Å²) < 4.78 is 43.6. The fourth-order valence-corrected chi connectivity index (χ4v) is 3.12. The van der Waals surface area contributed by atoms with Crippen LogP contribution in [0.1, 0.15) is 12.1 Å². The highest BCUT2D eigenvalue weighted by molar-refractivity contribution is 5.35. The summed E-state index contributed by atoms with van der Waals surface area (Å²) in [5, 5.41) is 9.70. The van der Waals surface area contributed by atoms with Crippen LogP contribution in [0.5, 0.6) is 0 Å². The number of anilines is 1. The third kappa shape index (κ3) is 2.57. The number of alkyl halides is 3. The summed E-state index contributed by atoms with van der Waals surface area (Å²) in [7, 11) is 0. The number of aromatic nitrogens is 2. The van der Waals surface area contributed by atoms with Crippen LogP contribution in [0.2, 0.25) is 0 Å². The molecule has 0 spiro atoms. The summed E-state index contributed by atoms with van der Waals surface area (Å²) in [6.07, 6.45) is -2.67. The van der Waals surface area contributed by atoms with Crippen molar-refractivity contribution in [1.82, 2.24) is 9.97 Å². The van der Waals surface area contributed by atoms with Gasteiger partial charge >= 0.3 is 6.18 Å². The number of aliphatic hydroxyl groups excluding tert-OH is 1. The SMILES string of the molecule is OC[C@]12CCOC[C@H]1CN(c1nccc(C(F)(F)F)n1)C2. The lowest BCUT2D eigenvalue weighted by Crippen LogP contribution is -2.41. The van der Waals surface area contributed by atoms with Crippen LogP contribution in [0.15, 0.2) is 12.3 Å². The van der Waals surface area contributed by atoms with Gasteiger partial charge in [0.25, 0.3) is 0 Å². The number of nitrogens with zero attached hydrogens (tertiary/aromatic N) is 3. The highest BCUT2D eigenvalue weighted by Gasteiger charge is 2.48. The standard InChI is InChI=1S/C13H16F3N3O2/c14-13(15,16)10-1-3-17-11(18-10)19-5-9-6-21-4-2-12(9,7-19)8-20/h1,3,9,20H,2,4-8H2/t9-,12-/m1/s1. The van der Waals surface area contributed by atoms with E-state index >= 15 is 0 Å². The van der Waals surface area contributed by atoms with Gasteiger partial charge in [0.1, 0.15) is 5.69 Å². The quantitative estimate of drug-likeness (QED) is 0.893. The first-order valence-corrected chi connectivity index (χ1v) is 6.78. The van der Waals surface area contributed by atoms with Crippen molar-refractivity contribution in [3.63, 3.8) is 0 Å². The van der Waals surface area contributed by atoms with E-state index < -0.39 is 11.9 Å². The second-order valence-electron chi connectivity index (χ2n) is 5.66. The molecule has 0 aliphatic carbocycles. The Bertz CT molecular complexity index is 526. The molecule has 0 unspecified atom stereocenters. The zero-order valence-electron chi connectivity index (χ0n) is 11.3. The van der Waals surface area contributed by atoms with Crippen molar-refractivity contribution in [3.05, 3.63) is 18.0 Å². The molecule has 21 heavy (non-hydrogen) atoms. The first kappa shape index (κ1) is 14.5. The molecule has 0 amide bonds. The van der Waals surface area contributed by atoms with Gasteiger partial charge < -0.3 is 14.7 Å². The smallest absolute Gasteiger partial charge is 0.396 e. The van der Waals surface area contributed by atoms with E-state index in [0.29, 0.717) is 32.7 Å². The van der Waals surface area contributed by atoms with Crippen LogP contribution in [0.4, 0.5) is 19.1 Å². The molecular formula is C13H16F3N3O2. The van der Waals surface area contributed by atoms with Crippen molar-refractivity contribution in [1.29, 1.82) is 0 Å². The molecule has 2 aliphatic rings. The van der Waals surface area contributed by atoms with Crippen molar-refractivity contribution < 1.29 is 23.0 Å². The molecule has 2 aliphatic heterocycles. The van der Waals surface area contributed by atoms with Gasteiger partial charge in [-0.3, -0.25) is 0 Å². The van der Waals surface area contributed by atoms with Crippen LogP contribution < -0.4 is 4.90 Å². The Morgan fingerprint density at radius 3 is 2.95 bits per heavy atom. The first-order valence-electron chi connectivity index (χ1n) is 6.78. The van der Waals surface area contributed by atoms with E-state index in [1.807, 2.05) is 0 Å². The number of hydrogen-bond acceptors (Lipinski definition) is 5. The lowest BCUT2D eigenvalue weighted by molar-refractivity contribution is -0.141. The Morgan fingerprint density at radius 1 is 1.48 bits per heavy atom. The second kappa shape index (κ2) is 5.10. The van der Waals surface area contributed by atoms with Gasteiger partial charge in [-0.2, -0.15) is 13.2 Å². The van der Waals surface area contributed by atoms with Crippen LogP contribution in [0, 0.1) is 11.3 Å². The summed E-state index contributed by atoms with van der Waals surface area (Å²) in [6.45, 7) is 2.03. The van der Waals surface area contributed by atoms with E-state index in [1.165, 1.54) is 0 Å². The molecule has 2 fully saturated rings. The Balaban J connectivity index is 1.86. The molecule has 2 atom stereocenters. The maximum Gasteiger partial charge on any atom is 0.433 e. The Morgan fingerprint density at radius 2 is 2.29 bits per heavy atom. The average Bonchev–Trinajstić information content (AvgIpc) is 2.86. The lowest BCUT2D eigenvalue weighted by Gasteiger charge is -2.36. The molecular weight excluding hydrogens is 287 g/mol. The number of aliphatic hydroxyl groups is 1. The average molecular weight is 303 g/mol. The van der Waals surface area contributed by atoms with E-state index in [2.05, 4.69) is 9.97 Å². The topological polar surface area (TPSA) is 58.5 Å². The summed E-state index contributed by atoms with van der Waals surface area (Å²) in [5.41, 5.74) is -1.27. The summed E-state index contributed by atoms with van der Waals surface area (Å²) in [4.78, 5) is 9.28. The van der Waals surface area contributed by atoms with Crippen molar-refractivity contribution >= 4 is 5.95 Å². The van der Waals surface area contributed by atoms with Gasteiger partial charge in [0.2, 0.25) is 5.95 Å².